The molecule has 2 aromatic heterocycles. The largest absolute Gasteiger partial charge is 0.256 e. The second kappa shape index (κ2) is 7.10. The van der Waals surface area contributed by atoms with E-state index in [0.29, 0.717) is 5.82 Å². The summed E-state index contributed by atoms with van der Waals surface area (Å²) in [5.41, 5.74) is 7.96. The number of allylic oxidation sites excluding steroid dienone is 4. The van der Waals surface area contributed by atoms with Gasteiger partial charge in [0, 0.05) is 33.7 Å². The minimum atomic E-state index is 0.691. The zero-order valence-corrected chi connectivity index (χ0v) is 17.4. The molecule has 1 aliphatic rings. The third kappa shape index (κ3) is 2.65. The normalized spacial score (nSPS) is 12.5. The Bertz CT molecular complexity index is 1600. The van der Waals surface area contributed by atoms with Gasteiger partial charge < -0.3 is 0 Å². The van der Waals surface area contributed by atoms with E-state index in [2.05, 4.69) is 48.5 Å². The lowest BCUT2D eigenvalue weighted by Crippen LogP contribution is -1.96. The first-order valence-corrected chi connectivity index (χ1v) is 10.5. The summed E-state index contributed by atoms with van der Waals surface area (Å²) in [5.74, 6) is 0.691. The molecule has 32 heavy (non-hydrogen) atoms. The van der Waals surface area contributed by atoms with Gasteiger partial charge in [0.15, 0.2) is 5.82 Å². The Kier molecular flexibility index (Phi) is 4.08. The third-order valence-electron chi connectivity index (χ3n) is 6.03. The van der Waals surface area contributed by atoms with Crippen LogP contribution in [0.4, 0.5) is 0 Å². The lowest BCUT2D eigenvalue weighted by atomic mass is 10.0. The highest BCUT2D eigenvalue weighted by Gasteiger charge is 2.24. The molecule has 0 atom stereocenters. The van der Waals surface area contributed by atoms with Crippen LogP contribution < -0.4 is 0 Å². The summed E-state index contributed by atoms with van der Waals surface area (Å²) in [7, 11) is 0. The van der Waals surface area contributed by atoms with Crippen molar-refractivity contribution in [2.24, 2.45) is 0 Å². The van der Waals surface area contributed by atoms with Crippen LogP contribution in [0, 0.1) is 0 Å². The summed E-state index contributed by atoms with van der Waals surface area (Å²) in [6.45, 7) is 8.02. The molecule has 0 bridgehead atoms. The van der Waals surface area contributed by atoms with Crippen molar-refractivity contribution in [1.82, 2.24) is 15.0 Å². The monoisotopic (exact) mass is 409 g/mol. The predicted octanol–water partition coefficient (Wildman–Crippen LogP) is 7.11. The van der Waals surface area contributed by atoms with Gasteiger partial charge >= 0.3 is 0 Å². The summed E-state index contributed by atoms with van der Waals surface area (Å²) in [6.07, 6.45) is 5.59. The predicted molar refractivity (Wildman–Crippen MR) is 133 cm³/mol. The Morgan fingerprint density at radius 3 is 2.38 bits per heavy atom. The fourth-order valence-corrected chi connectivity index (χ4v) is 4.59. The molecule has 3 nitrogen and oxygen atoms in total. The van der Waals surface area contributed by atoms with E-state index in [1.165, 1.54) is 5.39 Å². The number of nitrogens with zero attached hydrogens (tertiary/aromatic N) is 3. The highest BCUT2D eigenvalue weighted by molar-refractivity contribution is 6.16. The molecular formula is C29H19N3. The van der Waals surface area contributed by atoms with Gasteiger partial charge in [-0.15, -0.1) is 0 Å². The maximum absolute atomic E-state index is 4.98. The van der Waals surface area contributed by atoms with Crippen molar-refractivity contribution >= 4 is 32.8 Å². The number of benzene rings is 3. The van der Waals surface area contributed by atoms with Gasteiger partial charge in [-0.05, 0) is 34.7 Å². The van der Waals surface area contributed by atoms with Gasteiger partial charge in [0.05, 0.1) is 16.9 Å². The number of aromatic nitrogens is 3. The Labute approximate surface area is 186 Å². The second-order valence-electron chi connectivity index (χ2n) is 7.79. The van der Waals surface area contributed by atoms with Crippen LogP contribution in [0.15, 0.2) is 104 Å². The molecule has 6 rings (SSSR count). The summed E-state index contributed by atoms with van der Waals surface area (Å²) >= 11 is 0. The average Bonchev–Trinajstić information content (AvgIpc) is 3.17. The molecule has 0 radical (unpaired) electrons. The van der Waals surface area contributed by atoms with Gasteiger partial charge in [-0.25, -0.2) is 9.97 Å². The van der Waals surface area contributed by atoms with Crippen molar-refractivity contribution in [1.29, 1.82) is 0 Å². The molecule has 3 aromatic carbocycles. The van der Waals surface area contributed by atoms with E-state index in [4.69, 9.17) is 9.97 Å². The number of rotatable bonds is 4. The van der Waals surface area contributed by atoms with Crippen LogP contribution in [-0.2, 0) is 0 Å². The Morgan fingerprint density at radius 1 is 0.688 bits per heavy atom. The van der Waals surface area contributed by atoms with Crippen LogP contribution in [0.3, 0.4) is 0 Å². The smallest absolute Gasteiger partial charge is 0.160 e. The van der Waals surface area contributed by atoms with E-state index >= 15 is 0 Å². The van der Waals surface area contributed by atoms with Crippen molar-refractivity contribution in [3.05, 3.63) is 116 Å². The standard InChI is InChI=1S/C29H19N3/c1-3-21-22(4-2)28-26-24(21)13-8-14-25(26)31-29(32-28)20-11-7-10-19(17-20)27-23-12-6-5-9-18(23)15-16-30-27/h3-17H,1-2H2. The molecule has 0 saturated heterocycles. The van der Waals surface area contributed by atoms with Crippen molar-refractivity contribution in [2.75, 3.05) is 0 Å². The quantitative estimate of drug-likeness (QED) is 0.317. The summed E-state index contributed by atoms with van der Waals surface area (Å²) < 4.78 is 0. The molecule has 0 amide bonds. The minimum absolute atomic E-state index is 0.691. The van der Waals surface area contributed by atoms with E-state index < -0.39 is 0 Å². The first-order valence-electron chi connectivity index (χ1n) is 10.5. The SMILES string of the molecule is C=CC1=C(C=C)c2nc(-c3cccc(-c4nccc5ccccc45)c3)nc3cccc1c23. The zero-order valence-electron chi connectivity index (χ0n) is 17.4. The van der Waals surface area contributed by atoms with E-state index in [0.717, 1.165) is 55.5 Å². The molecule has 1 aliphatic carbocycles. The molecular weight excluding hydrogens is 390 g/mol. The third-order valence-corrected chi connectivity index (χ3v) is 6.03. The maximum atomic E-state index is 4.98. The number of hydrogen-bond acceptors (Lipinski definition) is 3. The Morgan fingerprint density at radius 2 is 1.50 bits per heavy atom. The molecule has 3 heteroatoms. The Balaban J connectivity index is 1.56. The summed E-state index contributed by atoms with van der Waals surface area (Å²) in [5, 5.41) is 3.36. The lowest BCUT2D eigenvalue weighted by Gasteiger charge is -2.09. The zero-order chi connectivity index (χ0) is 21.7. The van der Waals surface area contributed by atoms with Crippen molar-refractivity contribution in [3.63, 3.8) is 0 Å². The highest BCUT2D eigenvalue weighted by atomic mass is 14.9. The molecule has 2 heterocycles. The van der Waals surface area contributed by atoms with Gasteiger partial charge in [-0.2, -0.15) is 0 Å². The molecule has 0 unspecified atom stereocenters. The van der Waals surface area contributed by atoms with E-state index in [-0.39, 0.29) is 0 Å². The lowest BCUT2D eigenvalue weighted by molar-refractivity contribution is 1.21. The first-order chi connectivity index (χ1) is 15.8. The number of pyridine rings is 1. The maximum Gasteiger partial charge on any atom is 0.160 e. The molecule has 0 saturated carbocycles. The Hall–Kier alpha value is -4.37. The number of hydrogen-bond donors (Lipinski definition) is 0. The summed E-state index contributed by atoms with van der Waals surface area (Å²) in [4.78, 5) is 14.6. The molecule has 150 valence electrons. The molecule has 0 N–H and O–H groups in total. The van der Waals surface area contributed by atoms with Crippen molar-refractivity contribution in [3.8, 4) is 22.6 Å². The van der Waals surface area contributed by atoms with Crippen LogP contribution in [-0.4, -0.2) is 15.0 Å². The van der Waals surface area contributed by atoms with Crippen LogP contribution >= 0.6 is 0 Å². The fraction of sp³-hybridized carbons (Fsp3) is 0. The van der Waals surface area contributed by atoms with Crippen LogP contribution in [0.1, 0.15) is 11.3 Å². The molecule has 0 aliphatic heterocycles. The van der Waals surface area contributed by atoms with Gasteiger partial charge in [0.2, 0.25) is 0 Å². The molecule has 5 aromatic rings. The summed E-state index contributed by atoms with van der Waals surface area (Å²) in [6, 6.07) is 24.8. The molecule has 0 fully saturated rings. The van der Waals surface area contributed by atoms with E-state index in [1.807, 2.05) is 60.8 Å². The highest BCUT2D eigenvalue weighted by Crippen LogP contribution is 2.42. The van der Waals surface area contributed by atoms with Gasteiger partial charge in [-0.1, -0.05) is 79.9 Å². The second-order valence-corrected chi connectivity index (χ2v) is 7.79. The van der Waals surface area contributed by atoms with Gasteiger partial charge in [0.25, 0.3) is 0 Å². The molecule has 0 spiro atoms. The first kappa shape index (κ1) is 18.4. The van der Waals surface area contributed by atoms with Crippen LogP contribution in [0.5, 0.6) is 0 Å². The van der Waals surface area contributed by atoms with E-state index in [9.17, 15) is 0 Å². The average molecular weight is 409 g/mol. The van der Waals surface area contributed by atoms with Crippen LogP contribution in [0.25, 0.3) is 55.5 Å². The minimum Gasteiger partial charge on any atom is -0.256 e. The fourth-order valence-electron chi connectivity index (χ4n) is 4.59. The number of fused-ring (bicyclic) bond motifs is 1. The van der Waals surface area contributed by atoms with Crippen LogP contribution in [0.2, 0.25) is 0 Å². The van der Waals surface area contributed by atoms with Gasteiger partial charge in [0.1, 0.15) is 0 Å². The van der Waals surface area contributed by atoms with Crippen molar-refractivity contribution < 1.29 is 0 Å². The van der Waals surface area contributed by atoms with Gasteiger partial charge in [-0.3, -0.25) is 4.98 Å². The van der Waals surface area contributed by atoms with Crippen molar-refractivity contribution in [2.45, 2.75) is 0 Å². The topological polar surface area (TPSA) is 38.7 Å². The van der Waals surface area contributed by atoms with E-state index in [1.54, 1.807) is 0 Å².